The van der Waals surface area contributed by atoms with Crippen LogP contribution in [-0.4, -0.2) is 64.0 Å². The van der Waals surface area contributed by atoms with Crippen LogP contribution in [0.2, 0.25) is 0 Å². The average Bonchev–Trinajstić information content (AvgIpc) is 2.80. The summed E-state index contributed by atoms with van der Waals surface area (Å²) in [5, 5.41) is 48.2. The number of esters is 1. The van der Waals surface area contributed by atoms with Crippen LogP contribution in [0.5, 0.6) is 5.75 Å². The molecule has 32 heavy (non-hydrogen) atoms. The van der Waals surface area contributed by atoms with E-state index < -0.39 is 29.9 Å². The molecule has 1 unspecified atom stereocenters. The van der Waals surface area contributed by atoms with Crippen LogP contribution in [-0.2, 0) is 15.9 Å². The smallest absolute Gasteiger partial charge is 0.338 e. The van der Waals surface area contributed by atoms with Crippen LogP contribution in [0.4, 0.5) is 0 Å². The summed E-state index contributed by atoms with van der Waals surface area (Å²) >= 11 is 0. The number of hydrogen-bond donors (Lipinski definition) is 5. The summed E-state index contributed by atoms with van der Waals surface area (Å²) in [7, 11) is 0. The molecule has 0 fully saturated rings. The van der Waals surface area contributed by atoms with Gasteiger partial charge >= 0.3 is 5.97 Å². The first-order chi connectivity index (χ1) is 15.1. The van der Waals surface area contributed by atoms with E-state index >= 15 is 0 Å². The fourth-order valence-electron chi connectivity index (χ4n) is 2.93. The van der Waals surface area contributed by atoms with Gasteiger partial charge in [-0.05, 0) is 36.2 Å². The molecule has 0 radical (unpaired) electrons. The second-order valence-corrected chi connectivity index (χ2v) is 8.35. The molecule has 0 spiro atoms. The average molecular weight is 449 g/mol. The van der Waals surface area contributed by atoms with Crippen molar-refractivity contribution in [2.45, 2.75) is 44.0 Å². The van der Waals surface area contributed by atoms with E-state index in [2.05, 4.69) is 0 Å². The second kappa shape index (κ2) is 11.4. The molecule has 8 nitrogen and oxygen atoms in total. The van der Waals surface area contributed by atoms with E-state index in [0.717, 1.165) is 5.56 Å². The zero-order valence-corrected chi connectivity index (χ0v) is 18.4. The summed E-state index contributed by atoms with van der Waals surface area (Å²) < 4.78 is 10.5. The number of rotatable bonds is 12. The lowest BCUT2D eigenvalue weighted by Crippen LogP contribution is -2.26. The summed E-state index contributed by atoms with van der Waals surface area (Å²) in [4.78, 5) is 11.9. The van der Waals surface area contributed by atoms with E-state index in [1.54, 1.807) is 36.4 Å². The van der Waals surface area contributed by atoms with Crippen LogP contribution < -0.4 is 4.74 Å². The quantitative estimate of drug-likeness (QED) is 0.187. The lowest BCUT2D eigenvalue weighted by molar-refractivity contribution is -0.176. The van der Waals surface area contributed by atoms with Crippen LogP contribution in [0.1, 0.15) is 48.2 Å². The molecule has 0 saturated carbocycles. The Balaban J connectivity index is 1.81. The molecule has 0 saturated heterocycles. The van der Waals surface area contributed by atoms with Gasteiger partial charge in [-0.1, -0.05) is 38.1 Å². The molecule has 0 heterocycles. The number of hydrogen-bond acceptors (Lipinski definition) is 8. The maximum absolute atomic E-state index is 11.9. The van der Waals surface area contributed by atoms with Crippen LogP contribution >= 0.6 is 0 Å². The van der Waals surface area contributed by atoms with Crippen molar-refractivity contribution in [2.24, 2.45) is 0 Å². The Hall–Kier alpha value is -2.49. The highest BCUT2D eigenvalue weighted by Gasteiger charge is 2.26. The molecule has 0 aliphatic carbocycles. The lowest BCUT2D eigenvalue weighted by atomic mass is 9.84. The van der Waals surface area contributed by atoms with Gasteiger partial charge in [-0.2, -0.15) is 0 Å². The van der Waals surface area contributed by atoms with Crippen molar-refractivity contribution in [1.29, 1.82) is 0 Å². The third kappa shape index (κ3) is 7.29. The normalized spacial score (nSPS) is 13.0. The second-order valence-electron chi connectivity index (χ2n) is 8.35. The zero-order chi connectivity index (χ0) is 23.8. The van der Waals surface area contributed by atoms with Gasteiger partial charge in [0.2, 0.25) is 0 Å². The van der Waals surface area contributed by atoms with Crippen molar-refractivity contribution in [3.63, 3.8) is 0 Å². The molecule has 0 amide bonds. The first-order valence-corrected chi connectivity index (χ1v) is 10.4. The number of aliphatic hydroxyl groups excluding tert-OH is 3. The topological polar surface area (TPSA) is 137 Å². The third-order valence-electron chi connectivity index (χ3n) is 5.17. The summed E-state index contributed by atoms with van der Waals surface area (Å²) in [5.74, 6) is -2.12. The number of ether oxygens (including phenoxy) is 2. The van der Waals surface area contributed by atoms with Gasteiger partial charge in [0.15, 0.2) is 5.79 Å². The molecule has 176 valence electrons. The van der Waals surface area contributed by atoms with Gasteiger partial charge in [-0.3, -0.25) is 0 Å². The van der Waals surface area contributed by atoms with Gasteiger partial charge in [0.1, 0.15) is 18.5 Å². The number of aliphatic hydroxyl groups is 5. The van der Waals surface area contributed by atoms with Gasteiger partial charge in [-0.15, -0.1) is 0 Å². The molecule has 0 bridgehead atoms. The molecule has 8 heteroatoms. The van der Waals surface area contributed by atoms with Crippen molar-refractivity contribution in [2.75, 3.05) is 26.4 Å². The van der Waals surface area contributed by atoms with Crippen molar-refractivity contribution in [1.82, 2.24) is 0 Å². The number of carbonyl (C=O) groups excluding carboxylic acids is 1. The van der Waals surface area contributed by atoms with Crippen LogP contribution in [0, 0.1) is 0 Å². The van der Waals surface area contributed by atoms with Crippen LogP contribution in [0.3, 0.4) is 0 Å². The highest BCUT2D eigenvalue weighted by Crippen LogP contribution is 2.28. The molecular formula is C24H32O8. The van der Waals surface area contributed by atoms with E-state index in [9.17, 15) is 25.2 Å². The van der Waals surface area contributed by atoms with Gasteiger partial charge < -0.3 is 35.0 Å². The van der Waals surface area contributed by atoms with E-state index in [-0.39, 0.29) is 31.8 Å². The predicted molar refractivity (Wildman–Crippen MR) is 117 cm³/mol. The molecule has 0 aliphatic heterocycles. The van der Waals surface area contributed by atoms with E-state index in [0.29, 0.717) is 17.7 Å². The minimum Gasteiger partial charge on any atom is -0.494 e. The van der Waals surface area contributed by atoms with E-state index in [4.69, 9.17) is 14.6 Å². The van der Waals surface area contributed by atoms with Crippen molar-refractivity contribution in [3.8, 4) is 5.75 Å². The summed E-state index contributed by atoms with van der Waals surface area (Å²) in [6.45, 7) is 3.26. The molecular weight excluding hydrogens is 416 g/mol. The standard InChI is InChI=1S/C24H32O8/c1-23(2,16-26)18-6-8-19(9-7-18)24(29,30)12-3-13-31-21-10-4-17(5-11-21)22(28)32-15-20(27)14-25/h4-11,20,25-27,29-30H,3,12-16H2,1-2H3. The van der Waals surface area contributed by atoms with Crippen molar-refractivity contribution in [3.05, 3.63) is 65.2 Å². The fourth-order valence-corrected chi connectivity index (χ4v) is 2.93. The Morgan fingerprint density at radius 2 is 1.56 bits per heavy atom. The minimum atomic E-state index is -2.00. The van der Waals surface area contributed by atoms with Gasteiger partial charge in [0.25, 0.3) is 0 Å². The van der Waals surface area contributed by atoms with Crippen LogP contribution in [0.15, 0.2) is 48.5 Å². The maximum atomic E-state index is 11.9. The van der Waals surface area contributed by atoms with Crippen LogP contribution in [0.25, 0.3) is 0 Å². The summed E-state index contributed by atoms with van der Waals surface area (Å²) in [5.41, 5.74) is 1.14. The monoisotopic (exact) mass is 448 g/mol. The van der Waals surface area contributed by atoms with Crippen molar-refractivity contribution >= 4 is 5.97 Å². The molecule has 2 aromatic rings. The summed E-state index contributed by atoms with van der Waals surface area (Å²) in [6, 6.07) is 13.1. The Labute approximate surface area is 187 Å². The zero-order valence-electron chi connectivity index (χ0n) is 18.4. The van der Waals surface area contributed by atoms with Crippen molar-refractivity contribution < 1.29 is 39.8 Å². The Morgan fingerprint density at radius 1 is 0.969 bits per heavy atom. The third-order valence-corrected chi connectivity index (χ3v) is 5.17. The highest BCUT2D eigenvalue weighted by atomic mass is 16.5. The molecule has 0 aromatic heterocycles. The first-order valence-electron chi connectivity index (χ1n) is 10.4. The van der Waals surface area contributed by atoms with E-state index in [1.165, 1.54) is 12.1 Å². The molecule has 2 aromatic carbocycles. The predicted octanol–water partition coefficient (Wildman–Crippen LogP) is 1.46. The SMILES string of the molecule is CC(C)(CO)c1ccc(C(O)(O)CCCOc2ccc(C(=O)OCC(O)CO)cc2)cc1. The van der Waals surface area contributed by atoms with E-state index in [1.807, 2.05) is 13.8 Å². The number of carbonyl (C=O) groups is 1. The molecule has 0 aliphatic rings. The Kier molecular flexibility index (Phi) is 9.18. The van der Waals surface area contributed by atoms with Gasteiger partial charge in [0.05, 0.1) is 25.4 Å². The van der Waals surface area contributed by atoms with Gasteiger partial charge in [0, 0.05) is 17.4 Å². The number of benzene rings is 2. The largest absolute Gasteiger partial charge is 0.494 e. The fraction of sp³-hybridized carbons (Fsp3) is 0.458. The maximum Gasteiger partial charge on any atom is 0.338 e. The lowest BCUT2D eigenvalue weighted by Gasteiger charge is -2.25. The molecule has 2 rings (SSSR count). The molecule has 1 atom stereocenters. The first kappa shape index (κ1) is 25.8. The molecule has 5 N–H and O–H groups in total. The summed E-state index contributed by atoms with van der Waals surface area (Å²) in [6.07, 6.45) is -0.676. The van der Waals surface area contributed by atoms with Gasteiger partial charge in [-0.25, -0.2) is 4.79 Å². The Bertz CT molecular complexity index is 843. The highest BCUT2D eigenvalue weighted by molar-refractivity contribution is 5.89. The Morgan fingerprint density at radius 3 is 2.12 bits per heavy atom. The minimum absolute atomic E-state index is 0.0118.